The van der Waals surface area contributed by atoms with Crippen molar-refractivity contribution in [2.24, 2.45) is 0 Å². The topological polar surface area (TPSA) is 60.9 Å². The quantitative estimate of drug-likeness (QED) is 0.777. The summed E-state index contributed by atoms with van der Waals surface area (Å²) in [6.45, 7) is 5.56. The van der Waals surface area contributed by atoms with Gasteiger partial charge in [0.25, 0.3) is 5.91 Å². The second kappa shape index (κ2) is 6.74. The molecule has 1 saturated heterocycles. The lowest BCUT2D eigenvalue weighted by atomic mass is 10.2. The van der Waals surface area contributed by atoms with E-state index in [2.05, 4.69) is 11.8 Å². The van der Waals surface area contributed by atoms with E-state index in [-0.39, 0.29) is 18.4 Å². The van der Waals surface area contributed by atoms with Crippen LogP contribution in [0.2, 0.25) is 0 Å². The summed E-state index contributed by atoms with van der Waals surface area (Å²) >= 11 is 1.35. The summed E-state index contributed by atoms with van der Waals surface area (Å²) in [5.41, 5.74) is 0.951. The highest BCUT2D eigenvalue weighted by atomic mass is 32.1. The lowest BCUT2D eigenvalue weighted by Crippen LogP contribution is -2.49. The van der Waals surface area contributed by atoms with Crippen LogP contribution in [0, 0.1) is 18.8 Å². The van der Waals surface area contributed by atoms with Gasteiger partial charge < -0.3 is 14.9 Å². The molecule has 0 atom stereocenters. The third-order valence-electron chi connectivity index (χ3n) is 3.42. The average Bonchev–Trinajstić information content (AvgIpc) is 2.85. The van der Waals surface area contributed by atoms with E-state index in [1.165, 1.54) is 11.3 Å². The predicted octanol–water partition coefficient (Wildman–Crippen LogP) is 0.705. The highest BCUT2D eigenvalue weighted by Crippen LogP contribution is 2.23. The van der Waals surface area contributed by atoms with Crippen molar-refractivity contribution in [3.05, 3.63) is 21.4 Å². The van der Waals surface area contributed by atoms with Crippen molar-refractivity contribution < 1.29 is 14.7 Å². The van der Waals surface area contributed by atoms with E-state index in [0.717, 1.165) is 10.4 Å². The fraction of sp³-hybridized carbons (Fsp3) is 0.467. The fourth-order valence-corrected chi connectivity index (χ4v) is 3.23. The van der Waals surface area contributed by atoms with Crippen molar-refractivity contribution in [3.63, 3.8) is 0 Å². The van der Waals surface area contributed by atoms with Crippen LogP contribution in [-0.2, 0) is 4.79 Å². The molecule has 1 aromatic rings. The maximum atomic E-state index is 12.5. The van der Waals surface area contributed by atoms with Gasteiger partial charge in [-0.05, 0) is 18.6 Å². The van der Waals surface area contributed by atoms with Crippen molar-refractivity contribution in [2.45, 2.75) is 13.8 Å². The Balaban J connectivity index is 2.06. The number of aliphatic hydroxyl groups excluding tert-OH is 1. The molecule has 0 bridgehead atoms. The van der Waals surface area contributed by atoms with Crippen LogP contribution in [0.15, 0.2) is 6.07 Å². The summed E-state index contributed by atoms with van der Waals surface area (Å²) in [6, 6.07) is 1.84. The normalized spacial score (nSPS) is 14.6. The highest BCUT2D eigenvalue weighted by molar-refractivity contribution is 7.14. The number of carbonyl (C=O) groups excluding carboxylic acids is 2. The zero-order valence-electron chi connectivity index (χ0n) is 12.2. The molecular formula is C15H18N2O3S. The molecule has 2 rings (SSSR count). The monoisotopic (exact) mass is 306 g/mol. The molecule has 6 heteroatoms. The first-order chi connectivity index (χ1) is 10.0. The lowest BCUT2D eigenvalue weighted by Gasteiger charge is -2.33. The van der Waals surface area contributed by atoms with Gasteiger partial charge in [-0.15, -0.1) is 11.3 Å². The van der Waals surface area contributed by atoms with Gasteiger partial charge in [0.2, 0.25) is 5.91 Å². The Morgan fingerprint density at radius 2 is 1.90 bits per heavy atom. The van der Waals surface area contributed by atoms with E-state index >= 15 is 0 Å². The Hall–Kier alpha value is -1.84. The predicted molar refractivity (Wildman–Crippen MR) is 81.2 cm³/mol. The number of thiophene rings is 1. The van der Waals surface area contributed by atoms with Gasteiger partial charge in [-0.25, -0.2) is 0 Å². The van der Waals surface area contributed by atoms with Crippen molar-refractivity contribution >= 4 is 23.2 Å². The molecule has 2 amide bonds. The van der Waals surface area contributed by atoms with Gasteiger partial charge in [0.1, 0.15) is 6.61 Å². The molecule has 1 N–H and O–H groups in total. The number of aliphatic hydroxyl groups is 1. The Labute approximate surface area is 128 Å². The minimum atomic E-state index is -0.187. The van der Waals surface area contributed by atoms with Crippen LogP contribution < -0.4 is 0 Å². The summed E-state index contributed by atoms with van der Waals surface area (Å²) in [6.07, 6.45) is 0. The molecule has 1 fully saturated rings. The first-order valence-corrected chi connectivity index (χ1v) is 7.59. The van der Waals surface area contributed by atoms with Gasteiger partial charge in [0, 0.05) is 33.1 Å². The number of nitrogens with zero attached hydrogens (tertiary/aromatic N) is 2. The number of rotatable bonds is 1. The van der Waals surface area contributed by atoms with Crippen LogP contribution in [0.1, 0.15) is 27.0 Å². The average molecular weight is 306 g/mol. The SMILES string of the molecule is CC(=O)N1CCN(C(=O)c2cc(C)c(C#CCO)s2)CC1. The summed E-state index contributed by atoms with van der Waals surface area (Å²) < 4.78 is 0. The van der Waals surface area contributed by atoms with E-state index < -0.39 is 0 Å². The fourth-order valence-electron chi connectivity index (χ4n) is 2.21. The molecular weight excluding hydrogens is 288 g/mol. The molecule has 1 aromatic heterocycles. The molecule has 112 valence electrons. The third-order valence-corrected chi connectivity index (χ3v) is 4.56. The van der Waals surface area contributed by atoms with E-state index in [9.17, 15) is 9.59 Å². The van der Waals surface area contributed by atoms with Crippen LogP contribution in [-0.4, -0.2) is 59.5 Å². The third kappa shape index (κ3) is 3.63. The number of hydrogen-bond acceptors (Lipinski definition) is 4. The maximum Gasteiger partial charge on any atom is 0.264 e. The molecule has 1 aliphatic rings. The number of hydrogen-bond donors (Lipinski definition) is 1. The van der Waals surface area contributed by atoms with Crippen LogP contribution in [0.25, 0.3) is 0 Å². The van der Waals surface area contributed by atoms with Crippen molar-refractivity contribution in [1.29, 1.82) is 0 Å². The largest absolute Gasteiger partial charge is 0.384 e. The Morgan fingerprint density at radius 1 is 1.29 bits per heavy atom. The maximum absolute atomic E-state index is 12.5. The molecule has 5 nitrogen and oxygen atoms in total. The van der Waals surface area contributed by atoms with E-state index in [1.54, 1.807) is 16.7 Å². The minimum absolute atomic E-state index is 0.0108. The Bertz CT molecular complexity index is 604. The number of amides is 2. The van der Waals surface area contributed by atoms with Gasteiger partial charge in [0.15, 0.2) is 0 Å². The zero-order chi connectivity index (χ0) is 15.4. The van der Waals surface area contributed by atoms with Crippen molar-refractivity contribution in [1.82, 2.24) is 9.80 Å². The molecule has 0 spiro atoms. The van der Waals surface area contributed by atoms with Gasteiger partial charge in [-0.1, -0.05) is 11.8 Å². The van der Waals surface area contributed by atoms with Crippen LogP contribution in [0.4, 0.5) is 0 Å². The zero-order valence-corrected chi connectivity index (χ0v) is 13.0. The lowest BCUT2D eigenvalue weighted by molar-refractivity contribution is -0.130. The van der Waals surface area contributed by atoms with Crippen molar-refractivity contribution in [3.8, 4) is 11.8 Å². The molecule has 0 saturated carbocycles. The van der Waals surface area contributed by atoms with Crippen LogP contribution in [0.5, 0.6) is 0 Å². The van der Waals surface area contributed by atoms with Crippen molar-refractivity contribution in [2.75, 3.05) is 32.8 Å². The van der Waals surface area contributed by atoms with E-state index in [0.29, 0.717) is 31.1 Å². The van der Waals surface area contributed by atoms with Crippen LogP contribution >= 0.6 is 11.3 Å². The number of carbonyl (C=O) groups is 2. The van der Waals surface area contributed by atoms with Crippen LogP contribution in [0.3, 0.4) is 0 Å². The van der Waals surface area contributed by atoms with E-state index in [4.69, 9.17) is 5.11 Å². The van der Waals surface area contributed by atoms with Gasteiger partial charge in [-0.2, -0.15) is 0 Å². The summed E-state index contributed by atoms with van der Waals surface area (Å²) in [5, 5.41) is 8.73. The summed E-state index contributed by atoms with van der Waals surface area (Å²) in [4.78, 5) is 28.7. The molecule has 0 aliphatic carbocycles. The summed E-state index contributed by atoms with van der Waals surface area (Å²) in [7, 11) is 0. The number of aryl methyl sites for hydroxylation is 1. The Morgan fingerprint density at radius 3 is 2.48 bits per heavy atom. The summed E-state index contributed by atoms with van der Waals surface area (Å²) in [5.74, 6) is 5.50. The molecule has 21 heavy (non-hydrogen) atoms. The molecule has 0 unspecified atom stereocenters. The second-order valence-corrected chi connectivity index (χ2v) is 5.93. The first kappa shape index (κ1) is 15.5. The second-order valence-electron chi connectivity index (χ2n) is 4.88. The van der Waals surface area contributed by atoms with Gasteiger partial charge in [0.05, 0.1) is 9.75 Å². The smallest absolute Gasteiger partial charge is 0.264 e. The first-order valence-electron chi connectivity index (χ1n) is 6.78. The Kier molecular flexibility index (Phi) is 4.99. The molecule has 2 heterocycles. The van der Waals surface area contributed by atoms with E-state index in [1.807, 2.05) is 13.0 Å². The standard InChI is InChI=1S/C15H18N2O3S/c1-11-10-14(21-13(11)4-3-9-18)15(20)17-7-5-16(6-8-17)12(2)19/h10,18H,5-9H2,1-2H3. The molecule has 0 aromatic carbocycles. The highest BCUT2D eigenvalue weighted by Gasteiger charge is 2.24. The van der Waals surface area contributed by atoms with Gasteiger partial charge >= 0.3 is 0 Å². The number of piperazine rings is 1. The van der Waals surface area contributed by atoms with Gasteiger partial charge in [-0.3, -0.25) is 9.59 Å². The minimum Gasteiger partial charge on any atom is -0.384 e. The molecule has 1 aliphatic heterocycles. The molecule has 0 radical (unpaired) electrons.